The highest BCUT2D eigenvalue weighted by molar-refractivity contribution is 5.92. The second kappa shape index (κ2) is 11.6. The van der Waals surface area contributed by atoms with Crippen molar-refractivity contribution in [3.63, 3.8) is 0 Å². The second-order valence-corrected chi connectivity index (χ2v) is 10.3. The second-order valence-electron chi connectivity index (χ2n) is 10.3. The lowest BCUT2D eigenvalue weighted by Gasteiger charge is -2.51. The molecule has 0 unspecified atom stereocenters. The third-order valence-corrected chi connectivity index (χ3v) is 7.99. The van der Waals surface area contributed by atoms with E-state index in [1.165, 1.54) is 25.1 Å². The van der Waals surface area contributed by atoms with E-state index in [1.54, 1.807) is 0 Å². The normalized spacial score (nSPS) is 18.6. The molecule has 1 fully saturated rings. The summed E-state index contributed by atoms with van der Waals surface area (Å²) in [4.78, 5) is 66.9. The number of nitrogens with zero attached hydrogens (tertiary/aromatic N) is 2. The maximum atomic E-state index is 14.3. The van der Waals surface area contributed by atoms with Crippen molar-refractivity contribution in [1.29, 1.82) is 0 Å². The summed E-state index contributed by atoms with van der Waals surface area (Å²) in [7, 11) is 1.33. The number of aromatic amines is 1. The fourth-order valence-corrected chi connectivity index (χ4v) is 6.35. The average molecular weight is 570 g/mol. The van der Waals surface area contributed by atoms with Crippen LogP contribution in [0.5, 0.6) is 0 Å². The molecule has 0 saturated carbocycles. The van der Waals surface area contributed by atoms with Gasteiger partial charge in [0.05, 0.1) is 19.1 Å². The molecule has 1 aliphatic rings. The van der Waals surface area contributed by atoms with E-state index in [0.29, 0.717) is 16.7 Å². The molecule has 216 valence electrons. The topological polar surface area (TPSA) is 131 Å². The molecule has 1 amide bonds. The van der Waals surface area contributed by atoms with Crippen molar-refractivity contribution >= 4 is 11.9 Å². The number of rotatable bonds is 9. The Morgan fingerprint density at radius 2 is 1.43 bits per heavy atom. The van der Waals surface area contributed by atoms with Crippen LogP contribution in [0, 0.1) is 6.92 Å². The molecule has 0 spiro atoms. The van der Waals surface area contributed by atoms with Gasteiger partial charge < -0.3 is 10.0 Å². The van der Waals surface area contributed by atoms with Crippen molar-refractivity contribution in [3.05, 3.63) is 140 Å². The number of aryl methyl sites for hydroxylation is 1. The number of carbonyl (C=O) groups excluding carboxylic acids is 1. The Morgan fingerprint density at radius 1 is 0.929 bits per heavy atom. The van der Waals surface area contributed by atoms with Crippen LogP contribution in [0.4, 0.5) is 0 Å². The number of benzene rings is 3. The number of aromatic nitrogens is 2. The van der Waals surface area contributed by atoms with Crippen molar-refractivity contribution in [2.45, 2.75) is 36.9 Å². The van der Waals surface area contributed by atoms with Crippen LogP contribution in [-0.4, -0.2) is 56.7 Å². The fraction of sp³-hybridized carbons (Fsp3) is 0.250. The quantitative estimate of drug-likeness (QED) is 0.180. The first-order valence-electron chi connectivity index (χ1n) is 13.5. The summed E-state index contributed by atoms with van der Waals surface area (Å²) in [5.74, 6) is -1.89. The Hall–Kier alpha value is -4.80. The first-order valence-corrected chi connectivity index (χ1v) is 13.5. The molecule has 4 aromatic rings. The van der Waals surface area contributed by atoms with Gasteiger partial charge in [0.1, 0.15) is 12.6 Å². The molecular formula is C32H31N3O7. The van der Waals surface area contributed by atoms with Crippen LogP contribution >= 0.6 is 0 Å². The van der Waals surface area contributed by atoms with Gasteiger partial charge in [0, 0.05) is 18.2 Å². The Kier molecular flexibility index (Phi) is 7.93. The minimum Gasteiger partial charge on any atom is -0.479 e. The van der Waals surface area contributed by atoms with Crippen molar-refractivity contribution in [3.8, 4) is 0 Å². The van der Waals surface area contributed by atoms with Crippen molar-refractivity contribution in [1.82, 2.24) is 14.5 Å². The van der Waals surface area contributed by atoms with Crippen molar-refractivity contribution in [2.24, 2.45) is 0 Å². The first-order chi connectivity index (χ1) is 20.3. The molecule has 0 radical (unpaired) electrons. The zero-order valence-electron chi connectivity index (χ0n) is 23.2. The van der Waals surface area contributed by atoms with E-state index in [0.717, 1.165) is 4.57 Å². The van der Waals surface area contributed by atoms with Gasteiger partial charge in [-0.1, -0.05) is 91.0 Å². The van der Waals surface area contributed by atoms with E-state index in [9.17, 15) is 24.3 Å². The monoisotopic (exact) mass is 569 g/mol. The number of H-pyrrole nitrogens is 1. The van der Waals surface area contributed by atoms with Gasteiger partial charge in [-0.15, -0.1) is 0 Å². The van der Waals surface area contributed by atoms with E-state index in [1.807, 2.05) is 91.0 Å². The van der Waals surface area contributed by atoms with Gasteiger partial charge in [0.2, 0.25) is 5.91 Å². The maximum absolute atomic E-state index is 14.3. The molecule has 42 heavy (non-hydrogen) atoms. The predicted molar refractivity (Wildman–Crippen MR) is 154 cm³/mol. The molecule has 3 aromatic carbocycles. The molecule has 10 nitrogen and oxygen atoms in total. The molecule has 10 heteroatoms. The third kappa shape index (κ3) is 4.64. The van der Waals surface area contributed by atoms with Crippen LogP contribution in [-0.2, 0) is 31.3 Å². The smallest absolute Gasteiger partial charge is 0.331 e. The number of likely N-dealkylation sites (tertiary alicyclic amines) is 1. The Bertz CT molecular complexity index is 1590. The minimum atomic E-state index is -1.95. The molecular weight excluding hydrogens is 538 g/mol. The standard InChI is InChI=1S/C32H31N3O7/c1-22-19-34(30(40)33-28(22)37)21-27(36)35-20-26(42-41-2)18-31(35,29(38)39)32(23-12-6-3-7-13-23,24-14-8-4-9-15-24)25-16-10-5-11-17-25/h3-17,19,26H,18,20-21H2,1-2H3,(H,38,39)(H,33,37,40)/t26-,31+/m1/s1. The molecule has 2 atom stereocenters. The largest absolute Gasteiger partial charge is 0.479 e. The van der Waals surface area contributed by atoms with Gasteiger partial charge in [-0.25, -0.2) is 19.4 Å². The maximum Gasteiger partial charge on any atom is 0.331 e. The number of hydrogen-bond acceptors (Lipinski definition) is 6. The summed E-state index contributed by atoms with van der Waals surface area (Å²) in [5, 5.41) is 11.4. The molecule has 2 N–H and O–H groups in total. The molecule has 1 aliphatic heterocycles. The Morgan fingerprint density at radius 3 is 1.88 bits per heavy atom. The number of nitrogens with one attached hydrogen (secondary N) is 1. The Labute approximate surface area is 241 Å². The van der Waals surface area contributed by atoms with Crippen molar-refractivity contribution in [2.75, 3.05) is 13.7 Å². The van der Waals surface area contributed by atoms with Crippen LogP contribution < -0.4 is 11.2 Å². The molecule has 5 rings (SSSR count). The summed E-state index contributed by atoms with van der Waals surface area (Å²) in [6.45, 7) is 0.897. The lowest BCUT2D eigenvalue weighted by molar-refractivity contribution is -0.301. The zero-order chi connectivity index (χ0) is 29.9. The fourth-order valence-electron chi connectivity index (χ4n) is 6.35. The SMILES string of the molecule is COO[C@H]1CN(C(=O)Cn2cc(C)c(=O)[nH]c2=O)[C@@](C(=O)O)(C(c2ccccc2)(c2ccccc2)c2ccccc2)C1. The average Bonchev–Trinajstić information content (AvgIpc) is 3.39. The van der Waals surface area contributed by atoms with Crippen LogP contribution in [0.2, 0.25) is 0 Å². The lowest BCUT2D eigenvalue weighted by Crippen LogP contribution is -2.67. The van der Waals surface area contributed by atoms with Crippen molar-refractivity contribution < 1.29 is 24.5 Å². The summed E-state index contributed by atoms with van der Waals surface area (Å²) < 4.78 is 1.07. The number of hydrogen-bond donors (Lipinski definition) is 2. The summed E-state index contributed by atoms with van der Waals surface area (Å²) in [6.07, 6.45) is 0.360. The van der Waals surface area contributed by atoms with Crippen LogP contribution in [0.25, 0.3) is 0 Å². The van der Waals surface area contributed by atoms with E-state index in [2.05, 4.69) is 4.98 Å². The highest BCUT2D eigenvalue weighted by Gasteiger charge is 2.68. The van der Waals surface area contributed by atoms with E-state index in [4.69, 9.17) is 9.78 Å². The van der Waals surface area contributed by atoms with Gasteiger partial charge >= 0.3 is 11.7 Å². The van der Waals surface area contributed by atoms with Crippen LogP contribution in [0.3, 0.4) is 0 Å². The number of carboxylic acids is 1. The zero-order valence-corrected chi connectivity index (χ0v) is 23.2. The predicted octanol–water partition coefficient (Wildman–Crippen LogP) is 2.88. The third-order valence-electron chi connectivity index (χ3n) is 7.99. The Balaban J connectivity index is 1.83. The number of amides is 1. The summed E-state index contributed by atoms with van der Waals surface area (Å²) in [6, 6.07) is 27.7. The van der Waals surface area contributed by atoms with Crippen LogP contribution in [0.15, 0.2) is 107 Å². The number of carboxylic acid groups (broad SMARTS) is 1. The highest BCUT2D eigenvalue weighted by Crippen LogP contribution is 2.55. The van der Waals surface area contributed by atoms with Crippen LogP contribution in [0.1, 0.15) is 28.7 Å². The molecule has 2 heterocycles. The van der Waals surface area contributed by atoms with Gasteiger partial charge in [-0.2, -0.15) is 0 Å². The van der Waals surface area contributed by atoms with Gasteiger partial charge in [0.15, 0.2) is 5.54 Å². The summed E-state index contributed by atoms with van der Waals surface area (Å²) >= 11 is 0. The highest BCUT2D eigenvalue weighted by atomic mass is 17.2. The van der Waals surface area contributed by atoms with Gasteiger partial charge in [-0.3, -0.25) is 19.1 Å². The van der Waals surface area contributed by atoms with E-state index < -0.39 is 46.7 Å². The molecule has 1 saturated heterocycles. The number of carbonyl (C=O) groups is 2. The van der Waals surface area contributed by atoms with Gasteiger partial charge in [-0.05, 0) is 23.6 Å². The summed E-state index contributed by atoms with van der Waals surface area (Å²) in [5.41, 5.74) is -2.53. The van der Waals surface area contributed by atoms with Gasteiger partial charge in [0.25, 0.3) is 5.56 Å². The van der Waals surface area contributed by atoms with E-state index in [-0.39, 0.29) is 18.5 Å². The lowest BCUT2D eigenvalue weighted by atomic mass is 9.56. The minimum absolute atomic E-state index is 0.121. The molecule has 0 bridgehead atoms. The number of aliphatic carboxylic acids is 1. The molecule has 1 aromatic heterocycles. The first kappa shape index (κ1) is 28.7. The van der Waals surface area contributed by atoms with E-state index >= 15 is 0 Å². The molecule has 0 aliphatic carbocycles.